The molecule has 1 N–H and O–H groups in total. The Hall–Kier alpha value is -3.33. The lowest BCUT2D eigenvalue weighted by molar-refractivity contribution is -0.117. The van der Waals surface area contributed by atoms with Crippen molar-refractivity contribution >= 4 is 35.0 Å². The number of rotatable bonds is 8. The lowest BCUT2D eigenvalue weighted by Crippen LogP contribution is -2.24. The van der Waals surface area contributed by atoms with Crippen molar-refractivity contribution in [3.63, 3.8) is 0 Å². The summed E-state index contributed by atoms with van der Waals surface area (Å²) in [7, 11) is 1.57. The van der Waals surface area contributed by atoms with Gasteiger partial charge in [0.15, 0.2) is 11.0 Å². The first-order valence-corrected chi connectivity index (χ1v) is 11.9. The van der Waals surface area contributed by atoms with Crippen LogP contribution in [-0.4, -0.2) is 46.0 Å². The van der Waals surface area contributed by atoms with Gasteiger partial charge in [0.1, 0.15) is 5.75 Å². The van der Waals surface area contributed by atoms with E-state index >= 15 is 0 Å². The number of anilines is 2. The number of hydrogen-bond donors (Lipinski definition) is 1. The third-order valence-electron chi connectivity index (χ3n) is 5.58. The molecule has 172 valence electrons. The van der Waals surface area contributed by atoms with Gasteiger partial charge in [-0.2, -0.15) is 0 Å². The predicted octanol–water partition coefficient (Wildman–Crippen LogP) is 4.14. The Morgan fingerprint density at radius 2 is 2.03 bits per heavy atom. The van der Waals surface area contributed by atoms with Crippen molar-refractivity contribution in [3.8, 4) is 17.1 Å². The molecule has 0 saturated carbocycles. The van der Waals surface area contributed by atoms with Crippen molar-refractivity contribution in [1.29, 1.82) is 0 Å². The fraction of sp³-hybridized carbons (Fsp3) is 0.333. The molecule has 9 heteroatoms. The fourth-order valence-corrected chi connectivity index (χ4v) is 4.71. The minimum atomic E-state index is -0.160. The SMILES string of the molecule is CCn1c(SCC(=O)Nc2ccc(OC)c(N3CCCC3=O)c2)nnc1-c1ccccc1C. The van der Waals surface area contributed by atoms with Crippen LogP contribution in [0.5, 0.6) is 5.75 Å². The van der Waals surface area contributed by atoms with Crippen LogP contribution >= 0.6 is 11.8 Å². The zero-order valence-corrected chi connectivity index (χ0v) is 19.8. The van der Waals surface area contributed by atoms with Crippen LogP contribution in [0.3, 0.4) is 0 Å². The van der Waals surface area contributed by atoms with Crippen LogP contribution in [-0.2, 0) is 16.1 Å². The summed E-state index contributed by atoms with van der Waals surface area (Å²) in [6, 6.07) is 13.4. The molecule has 0 aliphatic carbocycles. The van der Waals surface area contributed by atoms with Crippen molar-refractivity contribution in [3.05, 3.63) is 48.0 Å². The topological polar surface area (TPSA) is 89.4 Å². The highest BCUT2D eigenvalue weighted by Crippen LogP contribution is 2.34. The van der Waals surface area contributed by atoms with Gasteiger partial charge >= 0.3 is 0 Å². The van der Waals surface area contributed by atoms with Crippen LogP contribution in [0.1, 0.15) is 25.3 Å². The van der Waals surface area contributed by atoms with Gasteiger partial charge in [-0.05, 0) is 44.0 Å². The second-order valence-corrected chi connectivity index (χ2v) is 8.68. The average Bonchev–Trinajstić information content (AvgIpc) is 3.43. The molecule has 3 aromatic rings. The van der Waals surface area contributed by atoms with E-state index in [0.29, 0.717) is 41.8 Å². The Balaban J connectivity index is 1.45. The van der Waals surface area contributed by atoms with Crippen molar-refractivity contribution in [1.82, 2.24) is 14.8 Å². The van der Waals surface area contributed by atoms with Crippen LogP contribution < -0.4 is 15.0 Å². The van der Waals surface area contributed by atoms with Gasteiger partial charge in [0.2, 0.25) is 11.8 Å². The predicted molar refractivity (Wildman–Crippen MR) is 130 cm³/mol. The number of amides is 2. The number of aryl methyl sites for hydroxylation is 1. The second-order valence-electron chi connectivity index (χ2n) is 7.74. The van der Waals surface area contributed by atoms with Crippen LogP contribution in [0.15, 0.2) is 47.6 Å². The first kappa shape index (κ1) is 22.8. The van der Waals surface area contributed by atoms with Gasteiger partial charge in [0.25, 0.3) is 0 Å². The first-order chi connectivity index (χ1) is 16.0. The van der Waals surface area contributed by atoms with Crippen molar-refractivity contribution in [2.75, 3.05) is 29.6 Å². The van der Waals surface area contributed by atoms with Gasteiger partial charge in [-0.1, -0.05) is 36.0 Å². The lowest BCUT2D eigenvalue weighted by atomic mass is 10.1. The molecule has 0 bridgehead atoms. The summed E-state index contributed by atoms with van der Waals surface area (Å²) in [4.78, 5) is 26.6. The smallest absolute Gasteiger partial charge is 0.234 e. The number of carbonyl (C=O) groups excluding carboxylic acids is 2. The van der Waals surface area contributed by atoms with Crippen LogP contribution in [0.4, 0.5) is 11.4 Å². The molecule has 0 spiro atoms. The maximum absolute atomic E-state index is 12.7. The number of thioether (sulfide) groups is 1. The number of benzene rings is 2. The molecular weight excluding hydrogens is 438 g/mol. The number of hydrogen-bond acceptors (Lipinski definition) is 6. The highest BCUT2D eigenvalue weighted by molar-refractivity contribution is 7.99. The third-order valence-corrected chi connectivity index (χ3v) is 6.54. The number of nitrogens with zero attached hydrogens (tertiary/aromatic N) is 4. The van der Waals surface area contributed by atoms with E-state index in [0.717, 1.165) is 23.4 Å². The van der Waals surface area contributed by atoms with Gasteiger partial charge in [0, 0.05) is 30.8 Å². The summed E-state index contributed by atoms with van der Waals surface area (Å²) < 4.78 is 7.43. The fourth-order valence-electron chi connectivity index (χ4n) is 3.91. The van der Waals surface area contributed by atoms with Crippen molar-refractivity contribution < 1.29 is 14.3 Å². The molecule has 0 unspecified atom stereocenters. The molecule has 1 aliphatic heterocycles. The zero-order chi connectivity index (χ0) is 23.4. The summed E-state index contributed by atoms with van der Waals surface area (Å²) in [5.41, 5.74) is 3.46. The number of carbonyl (C=O) groups is 2. The molecule has 33 heavy (non-hydrogen) atoms. The summed E-state index contributed by atoms with van der Waals surface area (Å²) in [6.45, 7) is 5.43. The molecule has 1 saturated heterocycles. The lowest BCUT2D eigenvalue weighted by Gasteiger charge is -2.20. The Kier molecular flexibility index (Phi) is 6.98. The Morgan fingerprint density at radius 1 is 1.21 bits per heavy atom. The van der Waals surface area contributed by atoms with Gasteiger partial charge in [0.05, 0.1) is 18.6 Å². The Morgan fingerprint density at radius 3 is 2.73 bits per heavy atom. The minimum Gasteiger partial charge on any atom is -0.495 e. The third kappa shape index (κ3) is 4.88. The van der Waals surface area contributed by atoms with Gasteiger partial charge in [-0.15, -0.1) is 10.2 Å². The highest BCUT2D eigenvalue weighted by Gasteiger charge is 2.25. The van der Waals surface area contributed by atoms with Crippen LogP contribution in [0.25, 0.3) is 11.4 Å². The highest BCUT2D eigenvalue weighted by atomic mass is 32.2. The van der Waals surface area contributed by atoms with Gasteiger partial charge < -0.3 is 19.5 Å². The summed E-state index contributed by atoms with van der Waals surface area (Å²) in [6.07, 6.45) is 1.34. The van der Waals surface area contributed by atoms with Crippen LogP contribution in [0, 0.1) is 6.92 Å². The second kappa shape index (κ2) is 10.1. The molecule has 2 aromatic carbocycles. The van der Waals surface area contributed by atoms with Crippen molar-refractivity contribution in [2.45, 2.75) is 38.4 Å². The standard InChI is InChI=1S/C24H27N5O3S/c1-4-28-23(18-9-6-5-8-16(18)2)26-27-24(28)33-15-21(30)25-17-11-12-20(32-3)19(14-17)29-13-7-10-22(29)31/h5-6,8-9,11-12,14H,4,7,10,13,15H2,1-3H3,(H,25,30). The largest absolute Gasteiger partial charge is 0.495 e. The average molecular weight is 466 g/mol. The van der Waals surface area contributed by atoms with Gasteiger partial charge in [-0.3, -0.25) is 9.59 Å². The maximum atomic E-state index is 12.7. The van der Waals surface area contributed by atoms with Crippen molar-refractivity contribution in [2.24, 2.45) is 0 Å². The monoisotopic (exact) mass is 465 g/mol. The molecule has 4 rings (SSSR count). The van der Waals surface area contributed by atoms with E-state index in [-0.39, 0.29) is 17.6 Å². The Labute approximate surface area is 197 Å². The van der Waals surface area contributed by atoms with E-state index in [2.05, 4.69) is 15.5 Å². The van der Waals surface area contributed by atoms with E-state index in [4.69, 9.17) is 4.74 Å². The molecule has 2 heterocycles. The van der Waals surface area contributed by atoms with E-state index < -0.39 is 0 Å². The summed E-state index contributed by atoms with van der Waals surface area (Å²) in [5, 5.41) is 12.3. The first-order valence-electron chi connectivity index (χ1n) is 10.9. The summed E-state index contributed by atoms with van der Waals surface area (Å²) >= 11 is 1.35. The molecule has 2 amide bonds. The van der Waals surface area contributed by atoms with Crippen LogP contribution in [0.2, 0.25) is 0 Å². The van der Waals surface area contributed by atoms with E-state index in [1.54, 1.807) is 30.2 Å². The number of aromatic nitrogens is 3. The quantitative estimate of drug-likeness (QED) is 0.503. The summed E-state index contributed by atoms with van der Waals surface area (Å²) in [5.74, 6) is 1.50. The number of nitrogens with one attached hydrogen (secondary N) is 1. The molecule has 0 radical (unpaired) electrons. The van der Waals surface area contributed by atoms with E-state index in [9.17, 15) is 9.59 Å². The molecule has 1 aliphatic rings. The van der Waals surface area contributed by atoms with E-state index in [1.165, 1.54) is 11.8 Å². The molecule has 0 atom stereocenters. The number of ether oxygens (including phenoxy) is 1. The van der Waals surface area contributed by atoms with E-state index in [1.807, 2.05) is 42.7 Å². The molecule has 1 fully saturated rings. The minimum absolute atomic E-state index is 0.0655. The number of methoxy groups -OCH3 is 1. The molecule has 1 aromatic heterocycles. The Bertz CT molecular complexity index is 1180. The molecule has 8 nitrogen and oxygen atoms in total. The molecular formula is C24H27N5O3S. The normalized spacial score (nSPS) is 13.4. The maximum Gasteiger partial charge on any atom is 0.234 e. The van der Waals surface area contributed by atoms with Gasteiger partial charge in [-0.25, -0.2) is 0 Å². The zero-order valence-electron chi connectivity index (χ0n) is 19.0.